The van der Waals surface area contributed by atoms with Gasteiger partial charge in [0.1, 0.15) is 29.4 Å². The highest BCUT2D eigenvalue weighted by molar-refractivity contribution is 5.99. The van der Waals surface area contributed by atoms with E-state index in [1.54, 1.807) is 24.1 Å². The minimum atomic E-state index is -0.886. The first-order chi connectivity index (χ1) is 14.3. The molecule has 1 saturated carbocycles. The molecule has 2 aromatic carbocycles. The maximum Gasteiger partial charge on any atom is 0.289 e. The molecule has 0 aliphatic heterocycles. The number of ether oxygens (including phenoxy) is 1. The minimum absolute atomic E-state index is 0.267. The van der Waals surface area contributed by atoms with Crippen LogP contribution < -0.4 is 4.74 Å². The van der Waals surface area contributed by atoms with Crippen LogP contribution in [0.5, 0.6) is 5.75 Å². The fourth-order valence-corrected chi connectivity index (χ4v) is 4.23. The molecule has 1 heterocycles. The van der Waals surface area contributed by atoms with Gasteiger partial charge in [-0.2, -0.15) is 0 Å². The molecular formula is C24H26FNO4. The lowest BCUT2D eigenvalue weighted by Gasteiger charge is -2.39. The van der Waals surface area contributed by atoms with Gasteiger partial charge in [-0.15, -0.1) is 0 Å². The number of amides is 1. The second-order valence-corrected chi connectivity index (χ2v) is 8.07. The van der Waals surface area contributed by atoms with Crippen LogP contribution in [0.3, 0.4) is 0 Å². The van der Waals surface area contributed by atoms with Crippen molar-refractivity contribution >= 4 is 16.9 Å². The third-order valence-corrected chi connectivity index (χ3v) is 5.95. The lowest BCUT2D eigenvalue weighted by atomic mass is 9.88. The van der Waals surface area contributed by atoms with E-state index >= 15 is 0 Å². The number of carbonyl (C=O) groups is 1. The molecule has 1 aliphatic rings. The summed E-state index contributed by atoms with van der Waals surface area (Å²) in [4.78, 5) is 14.8. The van der Waals surface area contributed by atoms with Crippen molar-refractivity contribution < 1.29 is 23.4 Å². The maximum atomic E-state index is 13.5. The molecule has 1 aliphatic carbocycles. The van der Waals surface area contributed by atoms with Crippen molar-refractivity contribution in [1.29, 1.82) is 0 Å². The second-order valence-electron chi connectivity index (χ2n) is 8.07. The summed E-state index contributed by atoms with van der Waals surface area (Å²) >= 11 is 0. The van der Waals surface area contributed by atoms with Crippen LogP contribution in [-0.4, -0.2) is 41.2 Å². The quantitative estimate of drug-likeness (QED) is 0.680. The monoisotopic (exact) mass is 411 g/mol. The highest BCUT2D eigenvalue weighted by Crippen LogP contribution is 2.31. The predicted molar refractivity (Wildman–Crippen MR) is 112 cm³/mol. The minimum Gasteiger partial charge on any atom is -0.488 e. The number of likely N-dealkylation sites (N-methyl/N-ethyl adjacent to an activating group) is 1. The molecule has 0 radical (unpaired) electrons. The number of aliphatic hydroxyl groups excluding tert-OH is 1. The smallest absolute Gasteiger partial charge is 0.289 e. The van der Waals surface area contributed by atoms with E-state index in [9.17, 15) is 14.3 Å². The van der Waals surface area contributed by atoms with E-state index in [1.165, 1.54) is 12.1 Å². The van der Waals surface area contributed by atoms with Gasteiger partial charge in [0, 0.05) is 24.1 Å². The van der Waals surface area contributed by atoms with Crippen LogP contribution in [0.15, 0.2) is 46.9 Å². The molecule has 1 fully saturated rings. The van der Waals surface area contributed by atoms with E-state index in [4.69, 9.17) is 9.15 Å². The molecule has 0 saturated heterocycles. The van der Waals surface area contributed by atoms with Gasteiger partial charge >= 0.3 is 0 Å². The summed E-state index contributed by atoms with van der Waals surface area (Å²) in [5.74, 6) is 0.00435. The van der Waals surface area contributed by atoms with Crippen LogP contribution in [0, 0.1) is 19.7 Å². The Balaban J connectivity index is 1.54. The zero-order valence-electron chi connectivity index (χ0n) is 17.4. The van der Waals surface area contributed by atoms with Gasteiger partial charge in [-0.25, -0.2) is 4.39 Å². The Hall–Kier alpha value is -2.86. The Morgan fingerprint density at radius 2 is 2.00 bits per heavy atom. The average molecular weight is 411 g/mol. The summed E-state index contributed by atoms with van der Waals surface area (Å²) in [7, 11) is 1.68. The Labute approximate surface area is 175 Å². The number of fused-ring (bicyclic) bond motifs is 1. The number of rotatable bonds is 4. The Morgan fingerprint density at radius 1 is 1.20 bits per heavy atom. The number of benzene rings is 2. The second kappa shape index (κ2) is 8.11. The molecule has 6 heteroatoms. The van der Waals surface area contributed by atoms with Gasteiger partial charge in [0.15, 0.2) is 5.76 Å². The van der Waals surface area contributed by atoms with Crippen molar-refractivity contribution in [2.75, 3.05) is 7.05 Å². The molecule has 1 amide bonds. The molecule has 158 valence electrons. The van der Waals surface area contributed by atoms with Crippen molar-refractivity contribution in [2.45, 2.75) is 51.4 Å². The van der Waals surface area contributed by atoms with Crippen molar-refractivity contribution in [3.8, 4) is 5.75 Å². The largest absolute Gasteiger partial charge is 0.488 e. The van der Waals surface area contributed by atoms with Gasteiger partial charge < -0.3 is 19.2 Å². The summed E-state index contributed by atoms with van der Waals surface area (Å²) in [6.07, 6.45) is 0.685. The van der Waals surface area contributed by atoms with Crippen LogP contribution in [0.2, 0.25) is 0 Å². The van der Waals surface area contributed by atoms with Gasteiger partial charge in [-0.05, 0) is 56.9 Å². The predicted octanol–water partition coefficient (Wildman–Crippen LogP) is 4.62. The summed E-state index contributed by atoms with van der Waals surface area (Å²) in [6.45, 7) is 3.84. The van der Waals surface area contributed by atoms with E-state index in [1.807, 2.05) is 32.0 Å². The van der Waals surface area contributed by atoms with Crippen molar-refractivity contribution in [1.82, 2.24) is 4.90 Å². The van der Waals surface area contributed by atoms with Crippen LogP contribution >= 0.6 is 0 Å². The first-order valence-electron chi connectivity index (χ1n) is 10.2. The summed E-state index contributed by atoms with van der Waals surface area (Å²) < 4.78 is 25.2. The van der Waals surface area contributed by atoms with Crippen LogP contribution in [0.4, 0.5) is 4.39 Å². The molecule has 3 atom stereocenters. The fraction of sp³-hybridized carbons (Fsp3) is 0.375. The highest BCUT2D eigenvalue weighted by Gasteiger charge is 2.38. The normalized spacial score (nSPS) is 21.6. The number of furan rings is 1. The molecule has 5 nitrogen and oxygen atoms in total. The van der Waals surface area contributed by atoms with E-state index in [0.29, 0.717) is 29.9 Å². The van der Waals surface area contributed by atoms with Gasteiger partial charge in [-0.1, -0.05) is 18.2 Å². The zero-order valence-corrected chi connectivity index (χ0v) is 17.4. The molecule has 3 aromatic rings. The molecule has 1 aromatic heterocycles. The molecule has 4 rings (SSSR count). The third-order valence-electron chi connectivity index (χ3n) is 5.95. The van der Waals surface area contributed by atoms with E-state index in [2.05, 4.69) is 0 Å². The van der Waals surface area contributed by atoms with Gasteiger partial charge in [0.2, 0.25) is 0 Å². The van der Waals surface area contributed by atoms with Crippen LogP contribution in [0.25, 0.3) is 11.0 Å². The molecular weight excluding hydrogens is 385 g/mol. The standard InChI is InChI=1S/C24H26FNO4/c1-14-10-11-18-15(2)23(30-21(18)12-14)24(28)26(3)19-8-5-9-20(22(19)27)29-17-7-4-6-16(25)13-17/h4,6-7,10-13,19-20,22,27H,5,8-9H2,1-3H3/t19-,20-,22-/m1/s1. The molecule has 0 bridgehead atoms. The molecule has 1 N–H and O–H groups in total. The SMILES string of the molecule is Cc1ccc2c(C)c(C(=O)N(C)[C@@H]3CCC[C@@H](Oc4cccc(F)c4)[C@@H]3O)oc2c1. The Bertz CT molecular complexity index is 1080. The van der Waals surface area contributed by atoms with Gasteiger partial charge in [-0.3, -0.25) is 4.79 Å². The molecule has 0 spiro atoms. The Morgan fingerprint density at radius 3 is 2.77 bits per heavy atom. The number of aliphatic hydroxyl groups is 1. The summed E-state index contributed by atoms with van der Waals surface area (Å²) in [5.41, 5.74) is 2.53. The third kappa shape index (κ3) is 3.79. The Kier molecular flexibility index (Phi) is 5.52. The van der Waals surface area contributed by atoms with Crippen molar-refractivity contribution in [3.63, 3.8) is 0 Å². The topological polar surface area (TPSA) is 62.9 Å². The number of carbonyl (C=O) groups excluding carboxylic acids is 1. The summed E-state index contributed by atoms with van der Waals surface area (Å²) in [6, 6.07) is 11.3. The number of hydrogen-bond acceptors (Lipinski definition) is 4. The van der Waals surface area contributed by atoms with Gasteiger partial charge in [0.05, 0.1) is 6.04 Å². The van der Waals surface area contributed by atoms with Gasteiger partial charge in [0.25, 0.3) is 5.91 Å². The number of nitrogens with zero attached hydrogens (tertiary/aromatic N) is 1. The van der Waals surface area contributed by atoms with Crippen molar-refractivity contribution in [2.24, 2.45) is 0 Å². The zero-order chi connectivity index (χ0) is 21.4. The number of aryl methyl sites for hydroxylation is 2. The van der Waals surface area contributed by atoms with E-state index in [0.717, 1.165) is 22.9 Å². The van der Waals surface area contributed by atoms with Crippen LogP contribution in [-0.2, 0) is 0 Å². The lowest BCUT2D eigenvalue weighted by molar-refractivity contribution is -0.0418. The van der Waals surface area contributed by atoms with Crippen LogP contribution in [0.1, 0.15) is 40.9 Å². The van der Waals surface area contributed by atoms with E-state index < -0.39 is 24.1 Å². The number of hydrogen-bond donors (Lipinski definition) is 1. The molecule has 0 unspecified atom stereocenters. The van der Waals surface area contributed by atoms with Crippen molar-refractivity contribution in [3.05, 3.63) is 65.2 Å². The molecule has 30 heavy (non-hydrogen) atoms. The lowest BCUT2D eigenvalue weighted by Crippen LogP contribution is -2.53. The average Bonchev–Trinajstić information content (AvgIpc) is 3.04. The first-order valence-corrected chi connectivity index (χ1v) is 10.2. The fourth-order valence-electron chi connectivity index (χ4n) is 4.23. The highest BCUT2D eigenvalue weighted by atomic mass is 19.1. The first kappa shape index (κ1) is 20.4. The number of halogens is 1. The summed E-state index contributed by atoms with van der Waals surface area (Å²) in [5, 5.41) is 11.8. The maximum absolute atomic E-state index is 13.5. The van der Waals surface area contributed by atoms with E-state index in [-0.39, 0.29) is 5.91 Å².